The molecule has 1 atom stereocenters. The van der Waals surface area contributed by atoms with Crippen LogP contribution in [0.25, 0.3) is 21.0 Å². The van der Waals surface area contributed by atoms with E-state index in [0.717, 1.165) is 42.2 Å². The summed E-state index contributed by atoms with van der Waals surface area (Å²) in [5, 5.41) is 10.3. The van der Waals surface area contributed by atoms with Crippen molar-refractivity contribution in [3.8, 4) is 10.8 Å². The van der Waals surface area contributed by atoms with Crippen LogP contribution in [-0.4, -0.2) is 31.2 Å². The number of carboxylic acids is 1. The number of aliphatic carboxylic acids is 1. The van der Waals surface area contributed by atoms with E-state index in [2.05, 4.69) is 17.1 Å². The van der Waals surface area contributed by atoms with Crippen molar-refractivity contribution in [3.63, 3.8) is 0 Å². The van der Waals surface area contributed by atoms with Gasteiger partial charge in [-0.05, 0) is 69.9 Å². The van der Waals surface area contributed by atoms with Crippen molar-refractivity contribution in [3.05, 3.63) is 74.8 Å². The number of carboxylic acid groups (broad SMARTS) is 1. The van der Waals surface area contributed by atoms with Crippen molar-refractivity contribution in [1.82, 2.24) is 14.1 Å². The summed E-state index contributed by atoms with van der Waals surface area (Å²) < 4.78 is 8.02. The molecule has 4 aromatic rings. The first-order valence-corrected chi connectivity index (χ1v) is 14.1. The molecule has 0 aliphatic heterocycles. The molecule has 0 bridgehead atoms. The van der Waals surface area contributed by atoms with Crippen molar-refractivity contribution in [1.29, 1.82) is 0 Å². The topological polar surface area (TPSA) is 133 Å². The number of oxazole rings is 1. The second-order valence-corrected chi connectivity index (χ2v) is 12.1. The predicted molar refractivity (Wildman–Crippen MR) is 151 cm³/mol. The highest BCUT2D eigenvalue weighted by Gasteiger charge is 2.36. The molecule has 0 unspecified atom stereocenters. The van der Waals surface area contributed by atoms with E-state index in [4.69, 9.17) is 10.2 Å². The molecule has 3 aromatic heterocycles. The molecule has 1 aliphatic rings. The van der Waals surface area contributed by atoms with Crippen LogP contribution in [0, 0.1) is 12.8 Å². The van der Waals surface area contributed by atoms with Gasteiger partial charge in [-0.2, -0.15) is 0 Å². The predicted octanol–water partition coefficient (Wildman–Crippen LogP) is 4.70. The Balaban J connectivity index is 1.71. The lowest BCUT2D eigenvalue weighted by Crippen LogP contribution is -2.52. The molecule has 3 heterocycles. The zero-order valence-corrected chi connectivity index (χ0v) is 23.2. The lowest BCUT2D eigenvalue weighted by atomic mass is 9.79. The standard InChI is InChI=1S/C29H34N4O5S/c1-17-22-25(34)33(29(2,3)27(35)36)28(37)32(26(22)39-23(17)24-31-13-14-38-24)16-20(19-7-5-4-6-8-19)15-18-9-11-21(30)12-10-18/h4-8,13-14,18,20-21H,9-12,15-16,30H2,1-3H3,(H,35,36)/t18?,20-,21?/m0/s1. The third-order valence-corrected chi connectivity index (χ3v) is 9.41. The lowest BCUT2D eigenvalue weighted by Gasteiger charge is -2.30. The number of carbonyl (C=O) groups is 1. The number of thiophene rings is 1. The van der Waals surface area contributed by atoms with Crippen LogP contribution in [0.2, 0.25) is 0 Å². The molecule has 1 aliphatic carbocycles. The second kappa shape index (κ2) is 10.6. The summed E-state index contributed by atoms with van der Waals surface area (Å²) in [6.07, 6.45) is 7.89. The first-order chi connectivity index (χ1) is 18.6. The quantitative estimate of drug-likeness (QED) is 0.325. The van der Waals surface area contributed by atoms with Crippen molar-refractivity contribution in [2.24, 2.45) is 11.7 Å². The Labute approximate surface area is 229 Å². The monoisotopic (exact) mass is 550 g/mol. The molecule has 39 heavy (non-hydrogen) atoms. The fourth-order valence-electron chi connectivity index (χ4n) is 5.72. The van der Waals surface area contributed by atoms with Gasteiger partial charge in [0.1, 0.15) is 16.6 Å². The van der Waals surface area contributed by atoms with E-state index < -0.39 is 22.8 Å². The summed E-state index contributed by atoms with van der Waals surface area (Å²) in [7, 11) is 0. The smallest absolute Gasteiger partial charge is 0.333 e. The van der Waals surface area contributed by atoms with E-state index in [-0.39, 0.29) is 12.0 Å². The molecule has 10 heteroatoms. The lowest BCUT2D eigenvalue weighted by molar-refractivity contribution is -0.146. The Kier molecular flexibility index (Phi) is 7.35. The number of hydrogen-bond acceptors (Lipinski definition) is 7. The molecule has 5 rings (SSSR count). The Morgan fingerprint density at radius 3 is 2.51 bits per heavy atom. The third kappa shape index (κ3) is 4.98. The van der Waals surface area contributed by atoms with Gasteiger partial charge < -0.3 is 15.3 Å². The van der Waals surface area contributed by atoms with E-state index in [1.165, 1.54) is 37.6 Å². The van der Waals surface area contributed by atoms with E-state index in [0.29, 0.717) is 39.0 Å². The highest BCUT2D eigenvalue weighted by atomic mass is 32.1. The van der Waals surface area contributed by atoms with Crippen LogP contribution >= 0.6 is 11.3 Å². The van der Waals surface area contributed by atoms with Gasteiger partial charge in [0.25, 0.3) is 5.56 Å². The van der Waals surface area contributed by atoms with E-state index >= 15 is 0 Å². The largest absolute Gasteiger partial charge is 0.480 e. The molecule has 0 spiro atoms. The van der Waals surface area contributed by atoms with Gasteiger partial charge in [0.2, 0.25) is 5.89 Å². The summed E-state index contributed by atoms with van der Waals surface area (Å²) >= 11 is 1.28. The maximum absolute atomic E-state index is 14.1. The number of aryl methyl sites for hydroxylation is 1. The number of nitrogens with zero attached hydrogens (tertiary/aromatic N) is 3. The summed E-state index contributed by atoms with van der Waals surface area (Å²) in [6.45, 7) is 4.85. The molecule has 206 valence electrons. The Hall–Kier alpha value is -3.50. The zero-order valence-electron chi connectivity index (χ0n) is 22.4. The number of rotatable bonds is 8. The van der Waals surface area contributed by atoms with Crippen LogP contribution < -0.4 is 17.0 Å². The molecular formula is C29H34N4O5S. The van der Waals surface area contributed by atoms with Gasteiger partial charge >= 0.3 is 11.7 Å². The van der Waals surface area contributed by atoms with Gasteiger partial charge in [-0.3, -0.25) is 9.36 Å². The Bertz CT molecular complexity index is 1590. The van der Waals surface area contributed by atoms with Gasteiger partial charge in [-0.1, -0.05) is 30.3 Å². The maximum atomic E-state index is 14.1. The fraction of sp³-hybridized carbons (Fsp3) is 0.448. The molecule has 1 fully saturated rings. The van der Waals surface area contributed by atoms with Gasteiger partial charge in [0, 0.05) is 18.5 Å². The number of benzene rings is 1. The minimum Gasteiger partial charge on any atom is -0.480 e. The van der Waals surface area contributed by atoms with Gasteiger partial charge in [-0.25, -0.2) is 19.1 Å². The average molecular weight is 551 g/mol. The molecule has 1 aromatic carbocycles. The van der Waals surface area contributed by atoms with E-state index in [1.54, 1.807) is 11.5 Å². The third-order valence-electron chi connectivity index (χ3n) is 8.10. The molecule has 0 amide bonds. The van der Waals surface area contributed by atoms with Crippen LogP contribution in [0.4, 0.5) is 0 Å². The molecule has 9 nitrogen and oxygen atoms in total. The number of nitrogens with two attached hydrogens (primary N) is 1. The van der Waals surface area contributed by atoms with Crippen LogP contribution in [0.3, 0.4) is 0 Å². The minimum absolute atomic E-state index is 0.0158. The second-order valence-electron chi connectivity index (χ2n) is 11.1. The molecule has 1 saturated carbocycles. The normalized spacial score (nSPS) is 18.9. The molecule has 0 saturated heterocycles. The van der Waals surface area contributed by atoms with Crippen molar-refractivity contribution in [2.45, 2.75) is 76.9 Å². The van der Waals surface area contributed by atoms with Gasteiger partial charge in [0.15, 0.2) is 0 Å². The van der Waals surface area contributed by atoms with Gasteiger partial charge in [-0.15, -0.1) is 11.3 Å². The van der Waals surface area contributed by atoms with Crippen molar-refractivity contribution in [2.75, 3.05) is 0 Å². The SMILES string of the molecule is Cc1c(-c2ncco2)sc2c1c(=O)n(C(C)(C)C(=O)O)c(=O)n2C[C@H](CC1CCC(N)CC1)c1ccccc1. The molecule has 3 N–H and O–H groups in total. The van der Waals surface area contributed by atoms with Crippen LogP contribution in [0.5, 0.6) is 0 Å². The highest BCUT2D eigenvalue weighted by Crippen LogP contribution is 2.38. The Morgan fingerprint density at radius 1 is 1.21 bits per heavy atom. The zero-order chi connectivity index (χ0) is 27.9. The molecular weight excluding hydrogens is 516 g/mol. The number of fused-ring (bicyclic) bond motifs is 1. The van der Waals surface area contributed by atoms with Crippen LogP contribution in [0.15, 0.2) is 56.8 Å². The summed E-state index contributed by atoms with van der Waals surface area (Å²) in [5.74, 6) is -0.450. The summed E-state index contributed by atoms with van der Waals surface area (Å²) in [5.41, 5.74) is 4.87. The first kappa shape index (κ1) is 27.1. The minimum atomic E-state index is -1.75. The van der Waals surface area contributed by atoms with Gasteiger partial charge in [0.05, 0.1) is 16.5 Å². The van der Waals surface area contributed by atoms with Crippen LogP contribution in [-0.2, 0) is 16.9 Å². The van der Waals surface area contributed by atoms with Crippen molar-refractivity contribution < 1.29 is 14.3 Å². The summed E-state index contributed by atoms with van der Waals surface area (Å²) in [6, 6.07) is 10.3. The van der Waals surface area contributed by atoms with E-state index in [1.807, 2.05) is 18.2 Å². The Morgan fingerprint density at radius 2 is 1.90 bits per heavy atom. The average Bonchev–Trinajstić information content (AvgIpc) is 3.55. The van der Waals surface area contributed by atoms with Crippen molar-refractivity contribution >= 4 is 27.5 Å². The summed E-state index contributed by atoms with van der Waals surface area (Å²) in [4.78, 5) is 45.5. The fourth-order valence-corrected chi connectivity index (χ4v) is 6.97. The number of hydrogen-bond donors (Lipinski definition) is 2. The highest BCUT2D eigenvalue weighted by molar-refractivity contribution is 7.22. The van der Waals surface area contributed by atoms with Crippen LogP contribution in [0.1, 0.15) is 63.0 Å². The first-order valence-electron chi connectivity index (χ1n) is 13.3. The number of aromatic nitrogens is 3. The molecule has 0 radical (unpaired) electrons. The maximum Gasteiger partial charge on any atom is 0.333 e. The van der Waals surface area contributed by atoms with E-state index in [9.17, 15) is 19.5 Å².